The van der Waals surface area contributed by atoms with Gasteiger partial charge >= 0.3 is 0 Å². The molecule has 3 nitrogen and oxygen atoms in total. The Morgan fingerprint density at radius 1 is 1.16 bits per heavy atom. The number of benzene rings is 1. The highest BCUT2D eigenvalue weighted by atomic mass is 35.5. The average Bonchev–Trinajstić information content (AvgIpc) is 2.39. The van der Waals surface area contributed by atoms with Crippen LogP contribution in [0.4, 0.5) is 5.95 Å². The Labute approximate surface area is 119 Å². The molecule has 0 amide bonds. The van der Waals surface area contributed by atoms with E-state index in [4.69, 9.17) is 11.6 Å². The fourth-order valence-corrected chi connectivity index (χ4v) is 1.91. The van der Waals surface area contributed by atoms with Gasteiger partial charge in [-0.15, -0.1) is 0 Å². The molecule has 0 unspecified atom stereocenters. The van der Waals surface area contributed by atoms with Crippen LogP contribution in [-0.2, 0) is 0 Å². The SMILES string of the molecule is CC(C)CCNc1nc(Cl)cc(-c2ccccc2)n1. The first-order valence-corrected chi connectivity index (χ1v) is 6.87. The minimum absolute atomic E-state index is 0.459. The highest BCUT2D eigenvalue weighted by Gasteiger charge is 2.05. The molecule has 0 fully saturated rings. The molecule has 0 spiro atoms. The summed E-state index contributed by atoms with van der Waals surface area (Å²) in [5.41, 5.74) is 1.88. The molecule has 0 saturated heterocycles. The van der Waals surface area contributed by atoms with Crippen molar-refractivity contribution < 1.29 is 0 Å². The van der Waals surface area contributed by atoms with Gasteiger partial charge in [-0.1, -0.05) is 55.8 Å². The minimum Gasteiger partial charge on any atom is -0.354 e. The van der Waals surface area contributed by atoms with Crippen LogP contribution < -0.4 is 5.32 Å². The van der Waals surface area contributed by atoms with E-state index in [-0.39, 0.29) is 0 Å². The maximum atomic E-state index is 6.05. The standard InChI is InChI=1S/C15H18ClN3/c1-11(2)8-9-17-15-18-13(10-14(16)19-15)12-6-4-3-5-7-12/h3-7,10-11H,8-9H2,1-2H3,(H,17,18,19). The quantitative estimate of drug-likeness (QED) is 0.829. The summed E-state index contributed by atoms with van der Waals surface area (Å²) in [6.07, 6.45) is 1.08. The first-order valence-electron chi connectivity index (χ1n) is 6.49. The number of rotatable bonds is 5. The molecular formula is C15H18ClN3. The Morgan fingerprint density at radius 2 is 1.89 bits per heavy atom. The second kappa shape index (κ2) is 6.53. The van der Waals surface area contributed by atoms with E-state index in [9.17, 15) is 0 Å². The van der Waals surface area contributed by atoms with Crippen LogP contribution in [0.15, 0.2) is 36.4 Å². The van der Waals surface area contributed by atoms with Crippen LogP contribution in [0.5, 0.6) is 0 Å². The second-order valence-corrected chi connectivity index (χ2v) is 5.26. The average molecular weight is 276 g/mol. The highest BCUT2D eigenvalue weighted by molar-refractivity contribution is 6.29. The molecule has 0 aliphatic rings. The van der Waals surface area contributed by atoms with Gasteiger partial charge in [0, 0.05) is 18.2 Å². The first-order chi connectivity index (χ1) is 9.15. The van der Waals surface area contributed by atoms with E-state index in [0.29, 0.717) is 17.0 Å². The summed E-state index contributed by atoms with van der Waals surface area (Å²) in [6.45, 7) is 5.23. The van der Waals surface area contributed by atoms with Crippen molar-refractivity contribution in [2.45, 2.75) is 20.3 Å². The maximum absolute atomic E-state index is 6.05. The van der Waals surface area contributed by atoms with Crippen LogP contribution in [0, 0.1) is 5.92 Å². The summed E-state index contributed by atoms with van der Waals surface area (Å²) in [6, 6.07) is 11.8. The van der Waals surface area contributed by atoms with E-state index in [1.807, 2.05) is 30.3 Å². The van der Waals surface area contributed by atoms with Crippen molar-refractivity contribution >= 4 is 17.5 Å². The van der Waals surface area contributed by atoms with Gasteiger partial charge in [-0.2, -0.15) is 0 Å². The fraction of sp³-hybridized carbons (Fsp3) is 0.333. The third-order valence-electron chi connectivity index (χ3n) is 2.77. The zero-order valence-corrected chi connectivity index (χ0v) is 12.0. The number of aromatic nitrogens is 2. The number of nitrogens with one attached hydrogen (secondary N) is 1. The van der Waals surface area contributed by atoms with Gasteiger partial charge in [0.1, 0.15) is 5.15 Å². The van der Waals surface area contributed by atoms with Crippen LogP contribution in [-0.4, -0.2) is 16.5 Å². The van der Waals surface area contributed by atoms with Crippen LogP contribution in [0.3, 0.4) is 0 Å². The molecule has 1 heterocycles. The van der Waals surface area contributed by atoms with Gasteiger partial charge < -0.3 is 5.32 Å². The van der Waals surface area contributed by atoms with Crippen LogP contribution in [0.25, 0.3) is 11.3 Å². The predicted octanol–water partition coefficient (Wildman–Crippen LogP) is 4.26. The van der Waals surface area contributed by atoms with Gasteiger partial charge in [-0.3, -0.25) is 0 Å². The summed E-state index contributed by atoms with van der Waals surface area (Å²) in [4.78, 5) is 8.69. The molecule has 1 aromatic carbocycles. The Balaban J connectivity index is 2.16. The van der Waals surface area contributed by atoms with Gasteiger partial charge in [0.2, 0.25) is 5.95 Å². The zero-order valence-electron chi connectivity index (χ0n) is 11.2. The summed E-state index contributed by atoms with van der Waals surface area (Å²) >= 11 is 6.05. The van der Waals surface area contributed by atoms with Gasteiger partial charge in [0.25, 0.3) is 0 Å². The molecule has 19 heavy (non-hydrogen) atoms. The van der Waals surface area contributed by atoms with E-state index in [1.54, 1.807) is 6.07 Å². The van der Waals surface area contributed by atoms with Gasteiger partial charge in [-0.05, 0) is 12.3 Å². The van der Waals surface area contributed by atoms with Crippen molar-refractivity contribution in [1.29, 1.82) is 0 Å². The molecule has 0 aliphatic carbocycles. The number of hydrogen-bond donors (Lipinski definition) is 1. The van der Waals surface area contributed by atoms with Crippen LogP contribution >= 0.6 is 11.6 Å². The Kier molecular flexibility index (Phi) is 4.74. The molecule has 2 rings (SSSR count). The summed E-state index contributed by atoms with van der Waals surface area (Å²) in [5.74, 6) is 1.24. The first kappa shape index (κ1) is 13.8. The van der Waals surface area contributed by atoms with E-state index in [0.717, 1.165) is 24.2 Å². The third-order valence-corrected chi connectivity index (χ3v) is 2.96. The number of halogens is 1. The lowest BCUT2D eigenvalue weighted by atomic mass is 10.1. The molecule has 100 valence electrons. The molecule has 0 aliphatic heterocycles. The van der Waals surface area contributed by atoms with Crippen LogP contribution in [0.1, 0.15) is 20.3 Å². The Hall–Kier alpha value is -1.61. The predicted molar refractivity (Wildman–Crippen MR) is 80.4 cm³/mol. The summed E-state index contributed by atoms with van der Waals surface area (Å²) < 4.78 is 0. The lowest BCUT2D eigenvalue weighted by molar-refractivity contribution is 0.606. The molecule has 0 bridgehead atoms. The molecule has 0 atom stereocenters. The smallest absolute Gasteiger partial charge is 0.224 e. The van der Waals surface area contributed by atoms with Gasteiger partial charge in [0.15, 0.2) is 0 Å². The molecule has 0 saturated carbocycles. The summed E-state index contributed by atoms with van der Waals surface area (Å²) in [5, 5.41) is 3.68. The van der Waals surface area contributed by atoms with Crippen molar-refractivity contribution in [2.24, 2.45) is 5.92 Å². The second-order valence-electron chi connectivity index (χ2n) is 4.87. The molecule has 1 aromatic heterocycles. The number of nitrogens with zero attached hydrogens (tertiary/aromatic N) is 2. The number of hydrogen-bond acceptors (Lipinski definition) is 3. The topological polar surface area (TPSA) is 37.8 Å². The van der Waals surface area contributed by atoms with E-state index < -0.39 is 0 Å². The minimum atomic E-state index is 0.459. The van der Waals surface area contributed by atoms with Crippen molar-refractivity contribution in [2.75, 3.05) is 11.9 Å². The lowest BCUT2D eigenvalue weighted by Gasteiger charge is -2.09. The van der Waals surface area contributed by atoms with Gasteiger partial charge in [-0.25, -0.2) is 9.97 Å². The number of anilines is 1. The molecular weight excluding hydrogens is 258 g/mol. The van der Waals surface area contributed by atoms with Gasteiger partial charge in [0.05, 0.1) is 5.69 Å². The normalized spacial score (nSPS) is 10.7. The fourth-order valence-electron chi connectivity index (χ4n) is 1.73. The summed E-state index contributed by atoms with van der Waals surface area (Å²) in [7, 11) is 0. The zero-order chi connectivity index (χ0) is 13.7. The molecule has 2 aromatic rings. The van der Waals surface area contributed by atoms with E-state index >= 15 is 0 Å². The molecule has 4 heteroatoms. The monoisotopic (exact) mass is 275 g/mol. The van der Waals surface area contributed by atoms with Crippen LogP contribution in [0.2, 0.25) is 5.15 Å². The Morgan fingerprint density at radius 3 is 2.58 bits per heavy atom. The third kappa shape index (κ3) is 4.21. The van der Waals surface area contributed by atoms with Crippen molar-refractivity contribution in [3.63, 3.8) is 0 Å². The lowest BCUT2D eigenvalue weighted by Crippen LogP contribution is -2.08. The largest absolute Gasteiger partial charge is 0.354 e. The van der Waals surface area contributed by atoms with Crippen molar-refractivity contribution in [3.05, 3.63) is 41.6 Å². The van der Waals surface area contributed by atoms with Crippen molar-refractivity contribution in [3.8, 4) is 11.3 Å². The highest BCUT2D eigenvalue weighted by Crippen LogP contribution is 2.21. The van der Waals surface area contributed by atoms with E-state index in [2.05, 4.69) is 29.1 Å². The van der Waals surface area contributed by atoms with E-state index in [1.165, 1.54) is 0 Å². The molecule has 0 radical (unpaired) electrons. The molecule has 1 N–H and O–H groups in total. The van der Waals surface area contributed by atoms with Crippen molar-refractivity contribution in [1.82, 2.24) is 9.97 Å². The maximum Gasteiger partial charge on any atom is 0.224 e. The Bertz CT molecular complexity index is 526.